The van der Waals surface area contributed by atoms with Crippen molar-refractivity contribution in [3.8, 4) is 0 Å². The van der Waals surface area contributed by atoms with E-state index in [1.54, 1.807) is 0 Å². The normalized spacial score (nSPS) is 13.4. The lowest BCUT2D eigenvalue weighted by Crippen LogP contribution is -2.54. The van der Waals surface area contributed by atoms with Gasteiger partial charge in [-0.1, -0.05) is 6.42 Å². The number of amides is 3. The largest absolute Gasteiger partial charge is 0.481 e. The van der Waals surface area contributed by atoms with E-state index >= 15 is 0 Å². The summed E-state index contributed by atoms with van der Waals surface area (Å²) in [5.74, 6) is -7.24. The van der Waals surface area contributed by atoms with Crippen LogP contribution in [0.5, 0.6) is 0 Å². The molecule has 0 aromatic carbocycles. The van der Waals surface area contributed by atoms with Crippen LogP contribution in [-0.2, 0) is 28.8 Å². The second-order valence-electron chi connectivity index (χ2n) is 6.32. The van der Waals surface area contributed by atoms with Crippen molar-refractivity contribution in [1.82, 2.24) is 16.0 Å². The molecule has 30 heavy (non-hydrogen) atoms. The molecule has 3 atom stereocenters. The fraction of sp³-hybridized carbons (Fsp3) is 0.625. The highest BCUT2D eigenvalue weighted by Gasteiger charge is 2.27. The number of carbonyl (C=O) groups is 6. The number of carboxylic acids is 3. The van der Waals surface area contributed by atoms with Gasteiger partial charge in [-0.2, -0.15) is 0 Å². The number of rotatable bonds is 15. The van der Waals surface area contributed by atoms with Crippen molar-refractivity contribution in [3.05, 3.63) is 0 Å². The summed E-state index contributed by atoms with van der Waals surface area (Å²) >= 11 is 0. The van der Waals surface area contributed by atoms with Gasteiger partial charge in [-0.15, -0.1) is 0 Å². The molecule has 3 amide bonds. The third-order valence-corrected chi connectivity index (χ3v) is 3.75. The second kappa shape index (κ2) is 13.8. The summed E-state index contributed by atoms with van der Waals surface area (Å²) in [4.78, 5) is 68.4. The first kappa shape index (κ1) is 26.7. The van der Waals surface area contributed by atoms with E-state index in [9.17, 15) is 28.8 Å². The molecular formula is C16H27N5O9. The smallest absolute Gasteiger partial charge is 0.326 e. The number of nitrogens with two attached hydrogens (primary N) is 2. The van der Waals surface area contributed by atoms with Crippen molar-refractivity contribution >= 4 is 35.6 Å². The number of aliphatic carboxylic acids is 3. The molecule has 0 aliphatic rings. The number of unbranched alkanes of at least 4 members (excludes halogenated alkanes) is 1. The van der Waals surface area contributed by atoms with Crippen LogP contribution in [0.3, 0.4) is 0 Å². The van der Waals surface area contributed by atoms with Crippen LogP contribution in [0.15, 0.2) is 0 Å². The minimum absolute atomic E-state index is 0.271. The molecule has 0 unspecified atom stereocenters. The molecule has 0 saturated carbocycles. The SMILES string of the molecule is NCCCC[C@H](N)C(=O)N[C@@H](CC(=O)O)C(=O)NCC(=O)N[C@@H](CC(=O)O)C(=O)O. The Hall–Kier alpha value is -3.26. The topological polar surface area (TPSA) is 251 Å². The summed E-state index contributed by atoms with van der Waals surface area (Å²) in [6.45, 7) is -0.355. The standard InChI is InChI=1S/C16H27N5O9/c17-4-2-1-3-8(18)14(27)21-9(5-12(23)24)15(28)19-7-11(22)20-10(16(29)30)6-13(25)26/h8-10H,1-7,17-18H2,(H,19,28)(H,20,22)(H,21,27)(H,23,24)(H,25,26)(H,29,30)/t8-,9-,10-/m0/s1. The summed E-state index contributed by atoms with van der Waals surface area (Å²) in [6, 6.07) is -4.23. The van der Waals surface area contributed by atoms with Crippen LogP contribution in [0.25, 0.3) is 0 Å². The highest BCUT2D eigenvalue weighted by Crippen LogP contribution is 2.01. The van der Waals surface area contributed by atoms with Gasteiger partial charge in [-0.3, -0.25) is 24.0 Å². The number of carbonyl (C=O) groups excluding carboxylic acids is 3. The molecule has 0 fully saturated rings. The first-order chi connectivity index (χ1) is 14.0. The summed E-state index contributed by atoms with van der Waals surface area (Å²) in [6.07, 6.45) is -0.205. The van der Waals surface area contributed by atoms with E-state index in [0.717, 1.165) is 0 Å². The van der Waals surface area contributed by atoms with Crippen LogP contribution in [0.2, 0.25) is 0 Å². The highest BCUT2D eigenvalue weighted by atomic mass is 16.4. The summed E-state index contributed by atoms with van der Waals surface area (Å²) in [5.41, 5.74) is 11.0. The van der Waals surface area contributed by atoms with Crippen molar-refractivity contribution in [2.75, 3.05) is 13.1 Å². The predicted octanol–water partition coefficient (Wildman–Crippen LogP) is -3.44. The van der Waals surface area contributed by atoms with Crippen molar-refractivity contribution < 1.29 is 44.1 Å². The number of nitrogens with one attached hydrogen (secondary N) is 3. The molecule has 0 rings (SSSR count). The van der Waals surface area contributed by atoms with E-state index in [0.29, 0.717) is 19.4 Å². The maximum atomic E-state index is 12.2. The van der Waals surface area contributed by atoms with Gasteiger partial charge < -0.3 is 42.7 Å². The Balaban J connectivity index is 4.81. The Morgan fingerprint density at radius 2 is 1.37 bits per heavy atom. The molecule has 0 spiro atoms. The van der Waals surface area contributed by atoms with Gasteiger partial charge in [0.05, 0.1) is 25.4 Å². The van der Waals surface area contributed by atoms with Gasteiger partial charge in [0.15, 0.2) is 0 Å². The van der Waals surface area contributed by atoms with E-state index in [1.165, 1.54) is 0 Å². The molecule has 0 aromatic heterocycles. The molecular weight excluding hydrogens is 406 g/mol. The van der Waals surface area contributed by atoms with Gasteiger partial charge >= 0.3 is 17.9 Å². The van der Waals surface area contributed by atoms with E-state index in [4.69, 9.17) is 26.8 Å². The fourth-order valence-corrected chi connectivity index (χ4v) is 2.21. The van der Waals surface area contributed by atoms with E-state index < -0.39 is 73.1 Å². The van der Waals surface area contributed by atoms with E-state index in [1.807, 2.05) is 5.32 Å². The first-order valence-corrected chi connectivity index (χ1v) is 8.97. The van der Waals surface area contributed by atoms with Gasteiger partial charge in [0, 0.05) is 0 Å². The first-order valence-electron chi connectivity index (χ1n) is 8.97. The minimum Gasteiger partial charge on any atom is -0.481 e. The van der Waals surface area contributed by atoms with Crippen LogP contribution in [-0.4, -0.2) is 82.2 Å². The molecule has 0 heterocycles. The Kier molecular flexibility index (Phi) is 12.3. The van der Waals surface area contributed by atoms with Gasteiger partial charge in [0.2, 0.25) is 17.7 Å². The molecule has 0 saturated heterocycles. The Morgan fingerprint density at radius 1 is 0.800 bits per heavy atom. The zero-order chi connectivity index (χ0) is 23.3. The zero-order valence-corrected chi connectivity index (χ0v) is 16.1. The molecule has 0 aliphatic carbocycles. The lowest BCUT2D eigenvalue weighted by atomic mass is 10.1. The lowest BCUT2D eigenvalue weighted by molar-refractivity contribution is -0.147. The molecule has 0 radical (unpaired) electrons. The summed E-state index contributed by atoms with van der Waals surface area (Å²) in [5, 5.41) is 32.6. The lowest BCUT2D eigenvalue weighted by Gasteiger charge is -2.19. The third kappa shape index (κ3) is 11.6. The average molecular weight is 433 g/mol. The molecule has 170 valence electrons. The third-order valence-electron chi connectivity index (χ3n) is 3.75. The average Bonchev–Trinajstić information content (AvgIpc) is 2.64. The van der Waals surface area contributed by atoms with E-state index in [-0.39, 0.29) is 6.42 Å². The Labute approximate surface area is 171 Å². The van der Waals surface area contributed by atoms with Gasteiger partial charge in [-0.05, 0) is 19.4 Å². The van der Waals surface area contributed by atoms with Crippen LogP contribution < -0.4 is 27.4 Å². The second-order valence-corrected chi connectivity index (χ2v) is 6.32. The maximum Gasteiger partial charge on any atom is 0.326 e. The Morgan fingerprint density at radius 3 is 1.87 bits per heavy atom. The number of hydrogen-bond donors (Lipinski definition) is 8. The van der Waals surface area contributed by atoms with E-state index in [2.05, 4.69) is 10.6 Å². The monoisotopic (exact) mass is 433 g/mol. The molecule has 0 aromatic rings. The number of hydrogen-bond acceptors (Lipinski definition) is 8. The number of carboxylic acid groups (broad SMARTS) is 3. The Bertz CT molecular complexity index is 655. The van der Waals surface area contributed by atoms with Gasteiger partial charge in [-0.25, -0.2) is 4.79 Å². The molecule has 10 N–H and O–H groups in total. The summed E-state index contributed by atoms with van der Waals surface area (Å²) in [7, 11) is 0. The molecule has 0 aliphatic heterocycles. The maximum absolute atomic E-state index is 12.2. The molecule has 14 nitrogen and oxygen atoms in total. The van der Waals surface area contributed by atoms with Crippen molar-refractivity contribution in [3.63, 3.8) is 0 Å². The van der Waals surface area contributed by atoms with Gasteiger partial charge in [0.1, 0.15) is 12.1 Å². The van der Waals surface area contributed by atoms with Crippen molar-refractivity contribution in [2.45, 2.75) is 50.2 Å². The minimum atomic E-state index is -1.71. The van der Waals surface area contributed by atoms with Crippen molar-refractivity contribution in [2.24, 2.45) is 11.5 Å². The summed E-state index contributed by atoms with van der Waals surface area (Å²) < 4.78 is 0. The highest BCUT2D eigenvalue weighted by molar-refractivity contribution is 5.94. The van der Waals surface area contributed by atoms with Crippen molar-refractivity contribution in [1.29, 1.82) is 0 Å². The fourth-order valence-electron chi connectivity index (χ4n) is 2.21. The van der Waals surface area contributed by atoms with Crippen LogP contribution in [0.4, 0.5) is 0 Å². The molecule has 0 bridgehead atoms. The predicted molar refractivity (Wildman–Crippen MR) is 99.9 cm³/mol. The zero-order valence-electron chi connectivity index (χ0n) is 16.1. The quantitative estimate of drug-likeness (QED) is 0.118. The van der Waals surface area contributed by atoms with Crippen LogP contribution >= 0.6 is 0 Å². The molecule has 14 heteroatoms. The van der Waals surface area contributed by atoms with Crippen LogP contribution in [0, 0.1) is 0 Å². The van der Waals surface area contributed by atoms with Gasteiger partial charge in [0.25, 0.3) is 0 Å². The van der Waals surface area contributed by atoms with Crippen LogP contribution in [0.1, 0.15) is 32.1 Å².